The van der Waals surface area contributed by atoms with E-state index in [-0.39, 0.29) is 40.0 Å². The van der Waals surface area contributed by atoms with Gasteiger partial charge in [-0.2, -0.15) is 0 Å². The molecule has 1 N–H and O–H groups in total. The fourth-order valence-corrected chi connectivity index (χ4v) is 4.52. The summed E-state index contributed by atoms with van der Waals surface area (Å²) >= 11 is 6.12. The first-order valence-corrected chi connectivity index (χ1v) is 11.4. The highest BCUT2D eigenvalue weighted by Crippen LogP contribution is 2.32. The van der Waals surface area contributed by atoms with Crippen LogP contribution >= 0.6 is 11.6 Å². The van der Waals surface area contributed by atoms with Crippen LogP contribution in [0.4, 0.5) is 4.39 Å². The second kappa shape index (κ2) is 8.81. The molecule has 0 aliphatic heterocycles. The number of hydrogen-bond donors (Lipinski definition) is 1. The maximum atomic E-state index is 14.2. The number of benzene rings is 2. The topological polar surface area (TPSA) is 66.5 Å². The van der Waals surface area contributed by atoms with Crippen molar-refractivity contribution in [2.75, 3.05) is 0 Å². The highest BCUT2D eigenvalue weighted by atomic mass is 35.5. The molecule has 1 atom stereocenters. The summed E-state index contributed by atoms with van der Waals surface area (Å²) in [6.45, 7) is 3.75. The summed E-state index contributed by atoms with van der Waals surface area (Å²) in [5.41, 5.74) is 0.637. The molecule has 0 bridgehead atoms. The Labute approximate surface area is 175 Å². The summed E-state index contributed by atoms with van der Waals surface area (Å²) < 4.78 is 41.5. The highest BCUT2D eigenvalue weighted by Gasteiger charge is 2.34. The van der Waals surface area contributed by atoms with Crippen LogP contribution in [-0.4, -0.2) is 31.3 Å². The fraction of sp³-hybridized carbons (Fsp3) is 0.381. The van der Waals surface area contributed by atoms with E-state index in [1.807, 2.05) is 6.92 Å². The van der Waals surface area contributed by atoms with Gasteiger partial charge in [-0.3, -0.25) is 4.79 Å². The lowest BCUT2D eigenvalue weighted by Gasteiger charge is -2.23. The first kappa shape index (κ1) is 21.7. The minimum atomic E-state index is -3.64. The Kier molecular flexibility index (Phi) is 6.61. The van der Waals surface area contributed by atoms with Crippen molar-refractivity contribution in [3.63, 3.8) is 0 Å². The Morgan fingerprint density at radius 1 is 1.24 bits per heavy atom. The smallest absolute Gasteiger partial charge is 0.254 e. The van der Waals surface area contributed by atoms with Gasteiger partial charge < -0.3 is 4.90 Å². The molecule has 1 aliphatic rings. The van der Waals surface area contributed by atoms with Crippen LogP contribution in [0.2, 0.25) is 5.02 Å². The molecular formula is C21H24ClFN2O3S. The molecule has 2 aromatic rings. The van der Waals surface area contributed by atoms with E-state index in [2.05, 4.69) is 4.72 Å². The first-order valence-electron chi connectivity index (χ1n) is 9.59. The van der Waals surface area contributed by atoms with Gasteiger partial charge in [0.25, 0.3) is 5.91 Å². The lowest BCUT2D eigenvalue weighted by Crippen LogP contribution is -2.33. The van der Waals surface area contributed by atoms with E-state index in [0.717, 1.165) is 12.8 Å². The molecule has 29 heavy (non-hydrogen) atoms. The van der Waals surface area contributed by atoms with Gasteiger partial charge in [-0.25, -0.2) is 17.5 Å². The summed E-state index contributed by atoms with van der Waals surface area (Å²) in [5.74, 6) is -0.723. The Hall–Kier alpha value is -1.96. The molecule has 156 valence electrons. The van der Waals surface area contributed by atoms with E-state index in [1.54, 1.807) is 17.9 Å². The Bertz CT molecular complexity index is 971. The molecule has 1 fully saturated rings. The van der Waals surface area contributed by atoms with Crippen LogP contribution in [0.3, 0.4) is 0 Å². The minimum absolute atomic E-state index is 0.0358. The van der Waals surface area contributed by atoms with E-state index in [9.17, 15) is 17.6 Å². The summed E-state index contributed by atoms with van der Waals surface area (Å²) in [5, 5.41) is 0.279. The average molecular weight is 439 g/mol. The van der Waals surface area contributed by atoms with Crippen molar-refractivity contribution in [2.24, 2.45) is 0 Å². The predicted molar refractivity (Wildman–Crippen MR) is 111 cm³/mol. The van der Waals surface area contributed by atoms with Crippen LogP contribution in [-0.2, 0) is 16.6 Å². The number of hydrogen-bond acceptors (Lipinski definition) is 3. The number of amides is 1. The third kappa shape index (κ3) is 5.15. The number of halogens is 2. The Morgan fingerprint density at radius 3 is 2.45 bits per heavy atom. The summed E-state index contributed by atoms with van der Waals surface area (Å²) in [6, 6.07) is 10.1. The van der Waals surface area contributed by atoms with Crippen molar-refractivity contribution < 1.29 is 17.6 Å². The zero-order valence-electron chi connectivity index (χ0n) is 16.4. The molecule has 0 radical (unpaired) electrons. The van der Waals surface area contributed by atoms with Crippen LogP contribution in [0.5, 0.6) is 0 Å². The lowest BCUT2D eigenvalue weighted by molar-refractivity contribution is 0.0728. The predicted octanol–water partition coefficient (Wildman–Crippen LogP) is 4.36. The molecule has 0 aromatic heterocycles. The van der Waals surface area contributed by atoms with Gasteiger partial charge in [0.2, 0.25) is 10.0 Å². The number of rotatable bonds is 8. The van der Waals surface area contributed by atoms with Gasteiger partial charge >= 0.3 is 0 Å². The van der Waals surface area contributed by atoms with E-state index < -0.39 is 15.8 Å². The van der Waals surface area contributed by atoms with Gasteiger partial charge in [-0.15, -0.1) is 0 Å². The molecule has 8 heteroatoms. The molecule has 5 nitrogen and oxygen atoms in total. The Morgan fingerprint density at radius 2 is 1.90 bits per heavy atom. The van der Waals surface area contributed by atoms with Gasteiger partial charge in [0.15, 0.2) is 0 Å². The molecule has 0 saturated heterocycles. The quantitative estimate of drug-likeness (QED) is 0.665. The van der Waals surface area contributed by atoms with E-state index >= 15 is 0 Å². The van der Waals surface area contributed by atoms with Gasteiger partial charge in [-0.05, 0) is 62.6 Å². The van der Waals surface area contributed by atoms with Crippen molar-refractivity contribution >= 4 is 27.5 Å². The molecule has 0 heterocycles. The molecule has 1 amide bonds. The maximum Gasteiger partial charge on any atom is 0.254 e. The zero-order valence-corrected chi connectivity index (χ0v) is 17.9. The van der Waals surface area contributed by atoms with Crippen molar-refractivity contribution in [3.05, 3.63) is 64.4 Å². The van der Waals surface area contributed by atoms with E-state index in [0.29, 0.717) is 12.0 Å². The number of sulfonamides is 1. The number of nitrogens with one attached hydrogen (secondary N) is 1. The maximum absolute atomic E-state index is 14.2. The molecule has 1 aliphatic carbocycles. The molecule has 0 spiro atoms. The first-order chi connectivity index (χ1) is 13.7. The second-order valence-corrected chi connectivity index (χ2v) is 9.44. The number of nitrogens with zero attached hydrogens (tertiary/aromatic N) is 1. The van der Waals surface area contributed by atoms with Crippen molar-refractivity contribution in [2.45, 2.75) is 56.6 Å². The van der Waals surface area contributed by atoms with Crippen LogP contribution < -0.4 is 4.72 Å². The van der Waals surface area contributed by atoms with Crippen LogP contribution in [0, 0.1) is 5.82 Å². The third-order valence-corrected chi connectivity index (χ3v) is 6.98. The second-order valence-electron chi connectivity index (χ2n) is 7.32. The summed E-state index contributed by atoms with van der Waals surface area (Å²) in [7, 11) is -3.64. The summed E-state index contributed by atoms with van der Waals surface area (Å²) in [6.07, 6.45) is 2.37. The SMILES string of the molecule is CCC(C)NS(=O)(=O)c1ccc(C(=O)N(Cc2c(F)cccc2Cl)C2CC2)cc1. The fourth-order valence-electron chi connectivity index (χ4n) is 2.97. The van der Waals surface area contributed by atoms with Gasteiger partial charge in [0, 0.05) is 28.2 Å². The van der Waals surface area contributed by atoms with E-state index in [1.165, 1.54) is 36.4 Å². The minimum Gasteiger partial charge on any atom is -0.331 e. The van der Waals surface area contributed by atoms with Crippen LogP contribution in [0.15, 0.2) is 47.4 Å². The molecule has 1 unspecified atom stereocenters. The lowest BCUT2D eigenvalue weighted by atomic mass is 10.1. The van der Waals surface area contributed by atoms with E-state index in [4.69, 9.17) is 11.6 Å². The van der Waals surface area contributed by atoms with Gasteiger partial charge in [0.05, 0.1) is 11.4 Å². The third-order valence-electron chi connectivity index (χ3n) is 5.02. The van der Waals surface area contributed by atoms with Gasteiger partial charge in [-0.1, -0.05) is 24.6 Å². The van der Waals surface area contributed by atoms with Gasteiger partial charge in [0.1, 0.15) is 5.82 Å². The van der Waals surface area contributed by atoms with Crippen molar-refractivity contribution in [1.82, 2.24) is 9.62 Å². The van der Waals surface area contributed by atoms with Crippen LogP contribution in [0.25, 0.3) is 0 Å². The zero-order chi connectivity index (χ0) is 21.2. The average Bonchev–Trinajstić information content (AvgIpc) is 3.52. The highest BCUT2D eigenvalue weighted by molar-refractivity contribution is 7.89. The Balaban J connectivity index is 1.81. The van der Waals surface area contributed by atoms with Crippen molar-refractivity contribution in [1.29, 1.82) is 0 Å². The monoisotopic (exact) mass is 438 g/mol. The van der Waals surface area contributed by atoms with Crippen molar-refractivity contribution in [3.8, 4) is 0 Å². The molecule has 2 aromatic carbocycles. The largest absolute Gasteiger partial charge is 0.331 e. The number of carbonyl (C=O) groups excluding carboxylic acids is 1. The standard InChI is InChI=1S/C21H24ClFN2O3S/c1-3-14(2)24-29(27,28)17-11-7-15(8-12-17)21(26)25(16-9-10-16)13-18-19(22)5-4-6-20(18)23/h4-8,11-12,14,16,24H,3,9-10,13H2,1-2H3. The number of carbonyl (C=O) groups is 1. The molecular weight excluding hydrogens is 415 g/mol. The normalized spacial score (nSPS) is 15.2. The summed E-state index contributed by atoms with van der Waals surface area (Å²) in [4.78, 5) is 14.7. The van der Waals surface area contributed by atoms with Crippen LogP contribution in [0.1, 0.15) is 49.0 Å². The molecule has 3 rings (SSSR count). The molecule has 1 saturated carbocycles.